The standard InChI is InChI=1S/2C52H32N2O2/c1-3-14-33(15-4-1)35-18-11-19-36(28-35)47-32-46(34-16-5-2-6-17-34)53-52(54-47)39-30-37(40-22-12-24-44-42-20-7-9-26-48(42)55-50(40)44)29-38(31-39)41-23-13-25-45-43-21-8-10-27-49(43)56-51(41)45;1-3-12-33(13-4-1)35-16-11-17-38(26-35)47-32-46(34-14-5-2-6-15-34)53-52(54-47)41-28-39(36-22-24-50-44(30-36)42-18-7-9-20-48(42)55-50)27-40(29-41)37-23-25-51-45(31-37)43-19-8-10-21-49(43)56-51/h2*1-32H. The molecule has 22 aromatic rings. The van der Waals surface area contributed by atoms with Crippen LogP contribution in [0.3, 0.4) is 0 Å². The van der Waals surface area contributed by atoms with Crippen LogP contribution >= 0.6 is 0 Å². The molecule has 0 aliphatic heterocycles. The Hall–Kier alpha value is -15.1. The van der Waals surface area contributed by atoms with E-state index in [1.165, 1.54) is 0 Å². The normalized spacial score (nSPS) is 11.6. The van der Waals surface area contributed by atoms with Gasteiger partial charge in [0, 0.05) is 87.6 Å². The molecule has 0 spiro atoms. The first-order valence-corrected chi connectivity index (χ1v) is 37.6. The van der Waals surface area contributed by atoms with Crippen molar-refractivity contribution in [2.24, 2.45) is 0 Å². The predicted molar refractivity (Wildman–Crippen MR) is 458 cm³/mol. The third-order valence-electron chi connectivity index (χ3n) is 21.4. The highest BCUT2D eigenvalue weighted by Gasteiger charge is 2.22. The maximum absolute atomic E-state index is 6.59. The lowest BCUT2D eigenvalue weighted by molar-refractivity contribution is 0.668. The van der Waals surface area contributed by atoms with Crippen molar-refractivity contribution in [3.63, 3.8) is 0 Å². The van der Waals surface area contributed by atoms with Gasteiger partial charge in [0.05, 0.1) is 22.8 Å². The zero-order chi connectivity index (χ0) is 74.0. The first-order valence-electron chi connectivity index (χ1n) is 37.6. The molecule has 0 aliphatic carbocycles. The molecule has 8 heteroatoms. The highest BCUT2D eigenvalue weighted by molar-refractivity contribution is 6.13. The third-order valence-corrected chi connectivity index (χ3v) is 21.4. The molecule has 0 N–H and O–H groups in total. The van der Waals surface area contributed by atoms with Gasteiger partial charge >= 0.3 is 0 Å². The van der Waals surface area contributed by atoms with Crippen LogP contribution in [0.2, 0.25) is 0 Å². The van der Waals surface area contributed by atoms with Crippen molar-refractivity contribution in [3.8, 4) is 135 Å². The van der Waals surface area contributed by atoms with Crippen LogP contribution in [0, 0.1) is 0 Å². The molecule has 0 aliphatic rings. The van der Waals surface area contributed by atoms with Crippen LogP contribution in [0.1, 0.15) is 0 Å². The summed E-state index contributed by atoms with van der Waals surface area (Å²) in [6, 6.07) is 135. The van der Waals surface area contributed by atoms with E-state index in [9.17, 15) is 0 Å². The molecule has 16 aromatic carbocycles. The van der Waals surface area contributed by atoms with E-state index in [2.05, 4.69) is 303 Å². The minimum Gasteiger partial charge on any atom is -0.456 e. The molecule has 0 saturated heterocycles. The van der Waals surface area contributed by atoms with Gasteiger partial charge in [0.1, 0.15) is 44.7 Å². The second-order valence-electron chi connectivity index (χ2n) is 28.3. The molecule has 0 saturated carbocycles. The van der Waals surface area contributed by atoms with Crippen molar-refractivity contribution >= 4 is 87.8 Å². The van der Waals surface area contributed by atoms with E-state index < -0.39 is 0 Å². The van der Waals surface area contributed by atoms with E-state index in [0.29, 0.717) is 11.6 Å². The summed E-state index contributed by atoms with van der Waals surface area (Å²) in [5, 5.41) is 8.69. The number of benzene rings is 16. The van der Waals surface area contributed by atoms with Crippen molar-refractivity contribution in [1.29, 1.82) is 0 Å². The number of rotatable bonds is 12. The smallest absolute Gasteiger partial charge is 0.160 e. The van der Waals surface area contributed by atoms with E-state index in [-0.39, 0.29) is 0 Å². The zero-order valence-electron chi connectivity index (χ0n) is 60.4. The summed E-state index contributed by atoms with van der Waals surface area (Å²) in [6.45, 7) is 0. The van der Waals surface area contributed by atoms with E-state index in [0.717, 1.165) is 211 Å². The van der Waals surface area contributed by atoms with Gasteiger partial charge in [-0.2, -0.15) is 0 Å². The minimum absolute atomic E-state index is 0.628. The lowest BCUT2D eigenvalue weighted by atomic mass is 9.93. The van der Waals surface area contributed by atoms with Gasteiger partial charge in [0.15, 0.2) is 11.6 Å². The monoisotopic (exact) mass is 1430 g/mol. The van der Waals surface area contributed by atoms with Gasteiger partial charge in [-0.25, -0.2) is 19.9 Å². The first-order chi connectivity index (χ1) is 55.4. The average molecular weight is 1430 g/mol. The molecule has 524 valence electrons. The van der Waals surface area contributed by atoms with E-state index in [1.54, 1.807) is 0 Å². The number of hydrogen-bond donors (Lipinski definition) is 0. The number of nitrogens with zero attached hydrogens (tertiary/aromatic N) is 4. The van der Waals surface area contributed by atoms with Gasteiger partial charge in [-0.15, -0.1) is 0 Å². The highest BCUT2D eigenvalue weighted by atomic mass is 16.3. The summed E-state index contributed by atoms with van der Waals surface area (Å²) in [5.41, 5.74) is 29.1. The molecule has 0 atom stereocenters. The molecule has 112 heavy (non-hydrogen) atoms. The minimum atomic E-state index is 0.628. The second kappa shape index (κ2) is 27.6. The van der Waals surface area contributed by atoms with Crippen LogP contribution in [-0.2, 0) is 0 Å². The van der Waals surface area contributed by atoms with Gasteiger partial charge in [-0.05, 0) is 165 Å². The fraction of sp³-hybridized carbons (Fsp3) is 0. The summed E-state index contributed by atoms with van der Waals surface area (Å²) in [7, 11) is 0. The number of para-hydroxylation sites is 6. The van der Waals surface area contributed by atoms with E-state index in [1.807, 2.05) is 84.9 Å². The quantitative estimate of drug-likeness (QED) is 0.119. The fourth-order valence-electron chi connectivity index (χ4n) is 15.9. The largest absolute Gasteiger partial charge is 0.456 e. The van der Waals surface area contributed by atoms with Gasteiger partial charge in [0.2, 0.25) is 0 Å². The van der Waals surface area contributed by atoms with Crippen molar-refractivity contribution in [2.75, 3.05) is 0 Å². The van der Waals surface area contributed by atoms with Crippen LogP contribution in [0.25, 0.3) is 222 Å². The summed E-state index contributed by atoms with van der Waals surface area (Å²) in [5.74, 6) is 1.28. The van der Waals surface area contributed by atoms with Crippen molar-refractivity contribution < 1.29 is 17.7 Å². The number of hydrogen-bond acceptors (Lipinski definition) is 8. The Labute approximate surface area is 644 Å². The molecule has 0 fully saturated rings. The SMILES string of the molecule is c1ccc(-c2cccc(-c3cc(-c4ccccc4)nc(-c4cc(-c5ccc6oc7ccccc7c6c5)cc(-c5ccc6oc7ccccc7c6c5)c4)n3)c2)cc1.c1ccc(-c2cccc(-c3cc(-c4ccccc4)nc(-c4cc(-c5cccc6c5oc5ccccc56)cc(-c5cccc6c5oc5ccccc56)c4)n3)c2)cc1. The Morgan fingerprint density at radius 1 is 0.143 bits per heavy atom. The summed E-state index contributed by atoms with van der Waals surface area (Å²) in [6.07, 6.45) is 0. The van der Waals surface area contributed by atoms with E-state index in [4.69, 9.17) is 37.6 Å². The maximum atomic E-state index is 6.59. The van der Waals surface area contributed by atoms with Gasteiger partial charge in [-0.3, -0.25) is 0 Å². The molecule has 0 amide bonds. The lowest BCUT2D eigenvalue weighted by Gasteiger charge is -2.14. The molecule has 8 nitrogen and oxygen atoms in total. The molecule has 0 bridgehead atoms. The van der Waals surface area contributed by atoms with Crippen molar-refractivity contribution in [1.82, 2.24) is 19.9 Å². The topological polar surface area (TPSA) is 104 Å². The predicted octanol–water partition coefficient (Wildman–Crippen LogP) is 28.6. The molecule has 0 unspecified atom stereocenters. The molecular weight excluding hydrogens is 1370 g/mol. The Kier molecular flexibility index (Phi) is 16.1. The molecule has 6 heterocycles. The Morgan fingerprint density at radius 3 is 0.821 bits per heavy atom. The lowest BCUT2D eigenvalue weighted by Crippen LogP contribution is -1.97. The number of fused-ring (bicyclic) bond motifs is 12. The van der Waals surface area contributed by atoms with E-state index >= 15 is 0 Å². The van der Waals surface area contributed by atoms with Crippen molar-refractivity contribution in [3.05, 3.63) is 388 Å². The summed E-state index contributed by atoms with van der Waals surface area (Å²) >= 11 is 0. The third kappa shape index (κ3) is 12.1. The summed E-state index contributed by atoms with van der Waals surface area (Å²) in [4.78, 5) is 21.2. The number of aromatic nitrogens is 4. The van der Waals surface area contributed by atoms with Crippen molar-refractivity contribution in [2.45, 2.75) is 0 Å². The molecule has 6 aromatic heterocycles. The number of furan rings is 4. The fourth-order valence-corrected chi connectivity index (χ4v) is 15.9. The van der Waals surface area contributed by atoms with Crippen LogP contribution in [0.5, 0.6) is 0 Å². The Balaban J connectivity index is 0.000000141. The average Bonchev–Trinajstić information content (AvgIpc) is 1.31. The van der Waals surface area contributed by atoms with Gasteiger partial charge < -0.3 is 17.7 Å². The van der Waals surface area contributed by atoms with Crippen LogP contribution in [0.4, 0.5) is 0 Å². The van der Waals surface area contributed by atoms with Gasteiger partial charge in [0.25, 0.3) is 0 Å². The first kappa shape index (κ1) is 65.2. The maximum Gasteiger partial charge on any atom is 0.160 e. The Bertz CT molecular complexity index is 7120. The molecule has 22 rings (SSSR count). The van der Waals surface area contributed by atoms with Crippen LogP contribution < -0.4 is 0 Å². The van der Waals surface area contributed by atoms with Crippen LogP contribution in [0.15, 0.2) is 406 Å². The Morgan fingerprint density at radius 2 is 0.411 bits per heavy atom. The molecular formula is C104H64N4O4. The summed E-state index contributed by atoms with van der Waals surface area (Å²) < 4.78 is 25.6. The van der Waals surface area contributed by atoms with Crippen LogP contribution in [-0.4, -0.2) is 19.9 Å². The highest BCUT2D eigenvalue weighted by Crippen LogP contribution is 2.45. The van der Waals surface area contributed by atoms with Gasteiger partial charge in [-0.1, -0.05) is 279 Å². The second-order valence-corrected chi connectivity index (χ2v) is 28.3. The zero-order valence-corrected chi connectivity index (χ0v) is 60.4. The molecule has 0 radical (unpaired) electrons.